The maximum absolute atomic E-state index is 10.3. The molecule has 3 unspecified atom stereocenters. The van der Waals surface area contributed by atoms with E-state index in [4.69, 9.17) is 17.3 Å². The van der Waals surface area contributed by atoms with Crippen LogP contribution in [-0.4, -0.2) is 144 Å². The molecule has 0 saturated carbocycles. The maximum atomic E-state index is 10.3. The molecule has 11 N–H and O–H groups in total. The average Bonchev–Trinajstić information content (AvgIpc) is 3.12. The third-order valence-corrected chi connectivity index (χ3v) is 8.03. The zero-order valence-electron chi connectivity index (χ0n) is 34.4. The predicted molar refractivity (Wildman–Crippen MR) is 284 cm³/mol. The summed E-state index contributed by atoms with van der Waals surface area (Å²) in [6.45, 7) is 14.8. The minimum Gasteiger partial charge on any atom is -0.386 e. The van der Waals surface area contributed by atoms with Crippen molar-refractivity contribution in [2.24, 2.45) is 0 Å². The Labute approximate surface area is 436 Å². The van der Waals surface area contributed by atoms with E-state index in [1.54, 1.807) is 49.1 Å². The molecule has 0 aliphatic carbocycles. The van der Waals surface area contributed by atoms with Gasteiger partial charge in [-0.15, -0.1) is 0 Å². The van der Waals surface area contributed by atoms with E-state index in [0.29, 0.717) is 21.8 Å². The number of hydrogen-bond acceptors (Lipinski definition) is 13. The molecule has 19 nitrogen and oxygen atoms in total. The standard InChI is InChI=1S/C4H8N2OS.C4H10N2S.C4H9NOS.C4H11N.2C3H9NO2S.C3H7NO.C2H7NO2S.8CH4.Ac/c1-3(7)6-4(8)5-2;1-3-6-4(7)5-2;1-3(6)4(7)5-2;1-3-4-5-2;1-3-4-7(5)6-2;1-3-7(5,6)4-2;1-3(5)4-2;1-3-6(4)5-2;;;;;;;;;/h1-2H3,(H2,5,6,7,8);3H2,1-2H3,(H2,5,6,7);3,6H,1-2H3,(H,5,7);5H,3-4H2,1-2H3;2*4H,3H2,1-2H3;1-2H3,(H,4,5);3H,1-2H3;8*1H4;. The van der Waals surface area contributed by atoms with Crippen molar-refractivity contribution in [3.8, 4) is 0 Å². The van der Waals surface area contributed by atoms with Crippen molar-refractivity contribution in [2.45, 2.75) is 120 Å². The second-order valence-corrected chi connectivity index (χ2v) is 14.0. The van der Waals surface area contributed by atoms with Crippen molar-refractivity contribution in [2.75, 3.05) is 88.9 Å². The number of carbonyl (C=O) groups excluding carboxylic acids is 2. The van der Waals surface area contributed by atoms with E-state index in [2.05, 4.69) is 91.1 Å². The molecule has 0 aromatic carbocycles. The zero-order chi connectivity index (χ0) is 43.1. The van der Waals surface area contributed by atoms with E-state index in [0.717, 1.165) is 13.1 Å². The molecule has 0 rings (SSSR count). The number of carbonyl (C=O) groups is 2. The van der Waals surface area contributed by atoms with Crippen LogP contribution < -0.4 is 51.4 Å². The van der Waals surface area contributed by atoms with Crippen LogP contribution in [0.1, 0.15) is 114 Å². The Bertz CT molecular complexity index is 978. The van der Waals surface area contributed by atoms with E-state index in [-0.39, 0.29) is 121 Å². The summed E-state index contributed by atoms with van der Waals surface area (Å²) in [5.74, 6) is 0.0121. The molecule has 0 bridgehead atoms. The van der Waals surface area contributed by atoms with E-state index >= 15 is 0 Å². The fourth-order valence-corrected chi connectivity index (χ4v) is 2.43. The number of nitrogens with one attached hydrogen (secondary N) is 10. The summed E-state index contributed by atoms with van der Waals surface area (Å²) < 4.78 is 56.3. The minimum absolute atomic E-state index is 0. The number of aliphatic hydroxyl groups is 1. The van der Waals surface area contributed by atoms with Crippen LogP contribution in [0, 0.1) is 44.1 Å². The van der Waals surface area contributed by atoms with Gasteiger partial charge in [-0.1, -0.05) is 85.5 Å². The van der Waals surface area contributed by atoms with E-state index in [9.17, 15) is 26.4 Å². The first-order valence-corrected chi connectivity index (χ1v) is 20.5. The number of aliphatic hydroxyl groups excluding tert-OH is 1. The van der Waals surface area contributed by atoms with Crippen LogP contribution in [0.25, 0.3) is 0 Å². The van der Waals surface area contributed by atoms with Crippen molar-refractivity contribution < 1.29 is 84.0 Å². The van der Waals surface area contributed by atoms with Crippen molar-refractivity contribution in [3.63, 3.8) is 0 Å². The van der Waals surface area contributed by atoms with Gasteiger partial charge in [0.25, 0.3) is 0 Å². The van der Waals surface area contributed by atoms with Crippen LogP contribution in [0.4, 0.5) is 0 Å². The van der Waals surface area contributed by atoms with Gasteiger partial charge >= 0.3 is 0 Å². The third-order valence-electron chi connectivity index (χ3n) is 3.98. The quantitative estimate of drug-likeness (QED) is 0.131. The molecule has 3 atom stereocenters. The molecule has 0 aliphatic rings. The van der Waals surface area contributed by atoms with Crippen LogP contribution in [-0.2, 0) is 50.5 Å². The molecule has 0 saturated heterocycles. The number of likely N-dealkylation sites (N-methyl/N-ethyl adjacent to an activating group) is 1. The van der Waals surface area contributed by atoms with Gasteiger partial charge in [0.1, 0.15) is 11.1 Å². The van der Waals surface area contributed by atoms with E-state index in [1.165, 1.54) is 41.5 Å². The Morgan fingerprint density at radius 3 is 1.10 bits per heavy atom. The monoisotopic (exact) mass is 1230 g/mol. The average molecular weight is 1230 g/mol. The molecular weight excluding hydrogens is 1120 g/mol. The Balaban J connectivity index is -0.0000000238. The first-order chi connectivity index (χ1) is 24.1. The fraction of sp³-hybridized carbons (Fsp3) is 0.857. The van der Waals surface area contributed by atoms with Crippen LogP contribution in [0.3, 0.4) is 0 Å². The van der Waals surface area contributed by atoms with Crippen LogP contribution in [0.5, 0.6) is 0 Å². The molecular formula is C35H102AcN10O9S6. The number of thiocarbonyl (C=S) groups is 3. The molecule has 0 aromatic rings. The van der Waals surface area contributed by atoms with Gasteiger partial charge in [0.15, 0.2) is 10.2 Å². The number of hydrogen-bond donors (Lipinski definition) is 11. The van der Waals surface area contributed by atoms with Crippen LogP contribution >= 0.6 is 36.7 Å². The number of rotatable bonds is 11. The van der Waals surface area contributed by atoms with Crippen molar-refractivity contribution in [1.29, 1.82) is 0 Å². The molecule has 61 heavy (non-hydrogen) atoms. The normalized spacial score (nSPS) is 9.00. The van der Waals surface area contributed by atoms with Gasteiger partial charge < -0.3 is 42.3 Å². The summed E-state index contributed by atoms with van der Waals surface area (Å²) in [7, 11) is 11.5. The topological polar surface area (TPSA) is 261 Å². The van der Waals surface area contributed by atoms with Crippen molar-refractivity contribution >= 4 is 96.2 Å². The van der Waals surface area contributed by atoms with E-state index in [1.807, 2.05) is 20.9 Å². The summed E-state index contributed by atoms with van der Waals surface area (Å²) in [4.78, 5) is 20.4. The van der Waals surface area contributed by atoms with Crippen LogP contribution in [0.15, 0.2) is 0 Å². The molecule has 26 heteroatoms. The summed E-state index contributed by atoms with van der Waals surface area (Å²) in [5.41, 5.74) is 0. The van der Waals surface area contributed by atoms with Crippen molar-refractivity contribution in [1.82, 2.24) is 51.4 Å². The van der Waals surface area contributed by atoms with Gasteiger partial charge in [0, 0.05) is 99.2 Å². The van der Waals surface area contributed by atoms with Gasteiger partial charge in [-0.3, -0.25) is 18.0 Å². The molecule has 0 aliphatic heterocycles. The summed E-state index contributed by atoms with van der Waals surface area (Å²) in [6.07, 6.45) is 0.719. The first-order valence-electron chi connectivity index (χ1n) is 15.5. The summed E-state index contributed by atoms with van der Waals surface area (Å²) in [5, 5.41) is 28.4. The molecule has 0 aromatic heterocycles. The summed E-state index contributed by atoms with van der Waals surface area (Å²) >= 11 is 11.4. The van der Waals surface area contributed by atoms with E-state index < -0.39 is 38.7 Å². The van der Waals surface area contributed by atoms with Gasteiger partial charge in [0.05, 0.1) is 20.0 Å². The Morgan fingerprint density at radius 2 is 1.05 bits per heavy atom. The first kappa shape index (κ1) is 113. The van der Waals surface area contributed by atoms with Crippen LogP contribution in [0.2, 0.25) is 0 Å². The van der Waals surface area contributed by atoms with Gasteiger partial charge in [-0.2, -0.15) is 0 Å². The smallest absolute Gasteiger partial charge is 0.234 e. The molecule has 1 radical (unpaired) electrons. The number of amides is 2. The van der Waals surface area contributed by atoms with Gasteiger partial charge in [-0.05, 0) is 79.3 Å². The Kier molecular flexibility index (Phi) is 175. The molecule has 0 heterocycles. The van der Waals surface area contributed by atoms with Gasteiger partial charge in [0.2, 0.25) is 44.4 Å². The number of sulfonamides is 1. The second kappa shape index (κ2) is 94.4. The van der Waals surface area contributed by atoms with Crippen molar-refractivity contribution in [3.05, 3.63) is 0 Å². The summed E-state index contributed by atoms with van der Waals surface area (Å²) in [6, 6.07) is 0. The second-order valence-electron chi connectivity index (χ2n) is 8.18. The largest absolute Gasteiger partial charge is 0.386 e. The Morgan fingerprint density at radius 1 is 0.672 bits per heavy atom. The Hall–Kier alpha value is -0.178. The third kappa shape index (κ3) is 156. The SMILES string of the molecule is C.C.C.C.C.C.C.C.CCCNC.CCNC(=S)NC.CCNS(=O)OC.CCS(=O)(=O)NC.CNC(=S)C(C)O.CNC(=S)NC(C)=O.CNC(C)=O.CNS(=O)OC.[Ac]. The zero-order valence-corrected chi connectivity index (χ0v) is 44.0. The molecule has 385 valence electrons. The predicted octanol–water partition coefficient (Wildman–Crippen LogP) is 3.91. The minimum atomic E-state index is -2.91. The van der Waals surface area contributed by atoms with Gasteiger partial charge in [-0.25, -0.2) is 31.0 Å². The molecule has 2 amide bonds. The molecule has 0 spiro atoms. The maximum Gasteiger partial charge on any atom is 0.234 e. The fourth-order valence-electron chi connectivity index (χ4n) is 1.33. The molecule has 0 fully saturated rings.